The normalized spacial score (nSPS) is 14.8. The van der Waals surface area contributed by atoms with Gasteiger partial charge < -0.3 is 16.4 Å². The Kier molecular flexibility index (Phi) is 3.28. The van der Waals surface area contributed by atoms with Crippen molar-refractivity contribution in [3.05, 3.63) is 5.56 Å². The van der Waals surface area contributed by atoms with E-state index in [1.807, 2.05) is 0 Å². The highest BCUT2D eigenvalue weighted by atomic mass is 32.1. The van der Waals surface area contributed by atoms with Gasteiger partial charge >= 0.3 is 0 Å². The molecule has 16 heavy (non-hydrogen) atoms. The molecule has 1 aliphatic carbocycles. The zero-order valence-corrected chi connectivity index (χ0v) is 10.1. The lowest BCUT2D eigenvalue weighted by atomic mass is 10.2. The number of nitrogens with zero attached hydrogens (tertiary/aromatic N) is 1. The quantitative estimate of drug-likeness (QED) is 0.674. The minimum absolute atomic E-state index is 0.00645. The Balaban J connectivity index is 1.86. The maximum Gasteiger partial charge on any atom is 0.216 e. The summed E-state index contributed by atoms with van der Waals surface area (Å²) in [4.78, 5) is 10.7. The van der Waals surface area contributed by atoms with E-state index in [9.17, 15) is 4.79 Å². The molecule has 0 saturated heterocycles. The summed E-state index contributed by atoms with van der Waals surface area (Å²) in [6.45, 7) is 2.85. The van der Waals surface area contributed by atoms with Gasteiger partial charge in [-0.25, -0.2) is 0 Å². The summed E-state index contributed by atoms with van der Waals surface area (Å²) in [6, 6.07) is 0. The molecular formula is C10H16N4OS. The summed E-state index contributed by atoms with van der Waals surface area (Å²) in [6.07, 6.45) is 2.42. The fourth-order valence-electron chi connectivity index (χ4n) is 1.62. The third-order valence-electron chi connectivity index (χ3n) is 2.53. The van der Waals surface area contributed by atoms with Gasteiger partial charge in [0.05, 0.1) is 0 Å². The Morgan fingerprint density at radius 2 is 2.31 bits per heavy atom. The molecule has 0 aliphatic heterocycles. The third-order valence-corrected chi connectivity index (χ3v) is 3.36. The van der Waals surface area contributed by atoms with E-state index in [1.165, 1.54) is 36.9 Å². The fourth-order valence-corrected chi connectivity index (χ4v) is 2.44. The number of carbonyl (C=O) groups is 1. The number of rotatable bonds is 5. The van der Waals surface area contributed by atoms with Crippen molar-refractivity contribution in [2.24, 2.45) is 0 Å². The van der Waals surface area contributed by atoms with Gasteiger partial charge in [-0.3, -0.25) is 4.79 Å². The van der Waals surface area contributed by atoms with Crippen molar-refractivity contribution in [2.75, 3.05) is 24.1 Å². The molecule has 0 spiro atoms. The first kappa shape index (κ1) is 11.2. The Morgan fingerprint density at radius 3 is 2.94 bits per heavy atom. The van der Waals surface area contributed by atoms with Gasteiger partial charge in [-0.05, 0) is 30.3 Å². The molecule has 0 radical (unpaired) electrons. The second-order valence-corrected chi connectivity index (χ2v) is 4.77. The number of aromatic nitrogens is 1. The van der Waals surface area contributed by atoms with Crippen molar-refractivity contribution in [3.63, 3.8) is 0 Å². The van der Waals surface area contributed by atoms with E-state index in [-0.39, 0.29) is 5.91 Å². The van der Waals surface area contributed by atoms with Crippen LogP contribution in [0, 0.1) is 0 Å². The number of amides is 1. The molecular weight excluding hydrogens is 224 g/mol. The molecule has 1 aromatic heterocycles. The highest BCUT2D eigenvalue weighted by Gasteiger charge is 2.30. The molecule has 0 bridgehead atoms. The molecule has 1 fully saturated rings. The van der Waals surface area contributed by atoms with E-state index >= 15 is 0 Å². The van der Waals surface area contributed by atoms with E-state index in [2.05, 4.69) is 15.0 Å². The number of nitrogens with two attached hydrogens (primary N) is 1. The predicted molar refractivity (Wildman–Crippen MR) is 65.7 cm³/mol. The lowest BCUT2D eigenvalue weighted by Gasteiger charge is -2.06. The largest absolute Gasteiger partial charge is 0.383 e. The molecule has 0 aromatic carbocycles. The number of hydrogen-bond donors (Lipinski definition) is 3. The number of nitrogens with one attached hydrogen (secondary N) is 2. The number of carbonyl (C=O) groups excluding carboxylic acids is 1. The van der Waals surface area contributed by atoms with Crippen LogP contribution >= 0.6 is 11.5 Å². The molecule has 1 saturated carbocycles. The summed E-state index contributed by atoms with van der Waals surface area (Å²) in [5.74, 6) is 1.25. The van der Waals surface area contributed by atoms with Crippen molar-refractivity contribution in [2.45, 2.75) is 25.7 Å². The maximum atomic E-state index is 10.7. The topological polar surface area (TPSA) is 80.0 Å². The average Bonchev–Trinajstić information content (AvgIpc) is 2.99. The number of nitrogen functional groups attached to an aromatic ring is 1. The maximum absolute atomic E-state index is 10.7. The summed E-state index contributed by atoms with van der Waals surface area (Å²) < 4.78 is 4.16. The van der Waals surface area contributed by atoms with Crippen LogP contribution < -0.4 is 16.4 Å². The molecule has 2 rings (SSSR count). The summed E-state index contributed by atoms with van der Waals surface area (Å²) in [7, 11) is 0. The van der Waals surface area contributed by atoms with Crippen LogP contribution in [-0.4, -0.2) is 23.4 Å². The van der Waals surface area contributed by atoms with Gasteiger partial charge in [-0.2, -0.15) is 4.37 Å². The first-order chi connectivity index (χ1) is 7.68. The van der Waals surface area contributed by atoms with Crippen LogP contribution in [0.5, 0.6) is 0 Å². The SMILES string of the molecule is CC(=O)NCCNc1snc(N)c1C1CC1. The van der Waals surface area contributed by atoms with Crippen LogP contribution in [0.25, 0.3) is 0 Å². The second-order valence-electron chi connectivity index (χ2n) is 3.99. The molecule has 4 N–H and O–H groups in total. The smallest absolute Gasteiger partial charge is 0.216 e. The Hall–Kier alpha value is -1.30. The van der Waals surface area contributed by atoms with E-state index in [1.54, 1.807) is 0 Å². The molecule has 1 aliphatic rings. The number of hydrogen-bond acceptors (Lipinski definition) is 5. The molecule has 0 atom stereocenters. The first-order valence-corrected chi connectivity index (χ1v) is 6.19. The Labute approximate surface area is 98.6 Å². The average molecular weight is 240 g/mol. The van der Waals surface area contributed by atoms with E-state index in [4.69, 9.17) is 5.73 Å². The van der Waals surface area contributed by atoms with Gasteiger partial charge in [0, 0.05) is 25.6 Å². The van der Waals surface area contributed by atoms with E-state index < -0.39 is 0 Å². The summed E-state index contributed by atoms with van der Waals surface area (Å²) in [5, 5.41) is 7.07. The molecule has 0 unspecified atom stereocenters. The van der Waals surface area contributed by atoms with Gasteiger partial charge in [0.25, 0.3) is 0 Å². The fraction of sp³-hybridized carbons (Fsp3) is 0.600. The van der Waals surface area contributed by atoms with Gasteiger partial charge in [0.2, 0.25) is 5.91 Å². The minimum atomic E-state index is -0.00645. The molecule has 88 valence electrons. The van der Waals surface area contributed by atoms with Crippen LogP contribution in [0.15, 0.2) is 0 Å². The third kappa shape index (κ3) is 2.63. The lowest BCUT2D eigenvalue weighted by molar-refractivity contribution is -0.118. The monoisotopic (exact) mass is 240 g/mol. The van der Waals surface area contributed by atoms with Crippen molar-refractivity contribution >= 4 is 28.3 Å². The number of anilines is 2. The first-order valence-electron chi connectivity index (χ1n) is 5.42. The Bertz CT molecular complexity index is 386. The predicted octanol–water partition coefficient (Wildman–Crippen LogP) is 1.15. The highest BCUT2D eigenvalue weighted by Crippen LogP contribution is 2.47. The molecule has 1 heterocycles. The van der Waals surface area contributed by atoms with Crippen molar-refractivity contribution in [3.8, 4) is 0 Å². The van der Waals surface area contributed by atoms with Gasteiger partial charge in [-0.15, -0.1) is 0 Å². The molecule has 1 amide bonds. The van der Waals surface area contributed by atoms with E-state index in [0.29, 0.717) is 24.8 Å². The zero-order valence-electron chi connectivity index (χ0n) is 9.25. The van der Waals surface area contributed by atoms with Crippen molar-refractivity contribution in [1.29, 1.82) is 0 Å². The van der Waals surface area contributed by atoms with Crippen molar-refractivity contribution < 1.29 is 4.79 Å². The minimum Gasteiger partial charge on any atom is -0.383 e. The van der Waals surface area contributed by atoms with Gasteiger partial charge in [0.15, 0.2) is 0 Å². The van der Waals surface area contributed by atoms with Crippen LogP contribution in [0.1, 0.15) is 31.2 Å². The van der Waals surface area contributed by atoms with Crippen LogP contribution in [-0.2, 0) is 4.79 Å². The molecule has 5 nitrogen and oxygen atoms in total. The zero-order chi connectivity index (χ0) is 11.5. The lowest BCUT2D eigenvalue weighted by Crippen LogP contribution is -2.26. The molecule has 6 heteroatoms. The summed E-state index contributed by atoms with van der Waals surface area (Å²) >= 11 is 1.40. The molecule has 1 aromatic rings. The van der Waals surface area contributed by atoms with Crippen molar-refractivity contribution in [1.82, 2.24) is 9.69 Å². The highest BCUT2D eigenvalue weighted by molar-refractivity contribution is 7.10. The second kappa shape index (κ2) is 4.69. The van der Waals surface area contributed by atoms with Crippen LogP contribution in [0.2, 0.25) is 0 Å². The van der Waals surface area contributed by atoms with Gasteiger partial charge in [-0.1, -0.05) is 0 Å². The summed E-state index contributed by atoms with van der Waals surface area (Å²) in [5.41, 5.74) is 7.00. The van der Waals surface area contributed by atoms with Gasteiger partial charge in [0.1, 0.15) is 10.8 Å². The standard InChI is InChI=1S/C10H16N4OS/c1-6(15)12-4-5-13-10-8(7-2-3-7)9(11)14-16-10/h7,13H,2-5H2,1H3,(H2,11,14)(H,12,15). The Morgan fingerprint density at radius 1 is 1.56 bits per heavy atom. The van der Waals surface area contributed by atoms with Crippen LogP contribution in [0.3, 0.4) is 0 Å². The van der Waals surface area contributed by atoms with E-state index in [0.717, 1.165) is 5.00 Å². The van der Waals surface area contributed by atoms with Crippen LogP contribution in [0.4, 0.5) is 10.8 Å².